The molecule has 0 aliphatic carbocycles. The minimum atomic E-state index is 0.0417. The molecule has 1 aromatic heterocycles. The molecule has 0 bridgehead atoms. The zero-order valence-corrected chi connectivity index (χ0v) is 11.2. The number of carbonyl (C=O) groups is 1. The van der Waals surface area contributed by atoms with Crippen LogP contribution in [-0.2, 0) is 19.4 Å². The maximum Gasteiger partial charge on any atom is 0.187 e. The van der Waals surface area contributed by atoms with Crippen molar-refractivity contribution in [2.45, 2.75) is 26.3 Å². The molecule has 1 aromatic carbocycles. The fourth-order valence-corrected chi connectivity index (χ4v) is 1.94. The SMILES string of the molecule is CCc1ccc(CC(=O)c2cn(CCN)cn2)cc1. The Morgan fingerprint density at radius 1 is 1.26 bits per heavy atom. The van der Waals surface area contributed by atoms with Gasteiger partial charge in [-0.1, -0.05) is 31.2 Å². The summed E-state index contributed by atoms with van der Waals surface area (Å²) in [6, 6.07) is 8.15. The molecule has 4 heteroatoms. The number of ketones is 1. The van der Waals surface area contributed by atoms with Gasteiger partial charge in [-0.2, -0.15) is 0 Å². The molecule has 0 saturated carbocycles. The fourth-order valence-electron chi connectivity index (χ4n) is 1.94. The smallest absolute Gasteiger partial charge is 0.187 e. The molecule has 0 saturated heterocycles. The molecule has 0 atom stereocenters. The van der Waals surface area contributed by atoms with E-state index in [1.165, 1.54) is 5.56 Å². The van der Waals surface area contributed by atoms with Crippen molar-refractivity contribution in [2.75, 3.05) is 6.54 Å². The van der Waals surface area contributed by atoms with Gasteiger partial charge in [-0.15, -0.1) is 0 Å². The van der Waals surface area contributed by atoms with Crippen LogP contribution >= 0.6 is 0 Å². The van der Waals surface area contributed by atoms with Crippen LogP contribution in [0.25, 0.3) is 0 Å². The van der Waals surface area contributed by atoms with E-state index in [0.29, 0.717) is 25.2 Å². The molecule has 0 unspecified atom stereocenters. The zero-order valence-electron chi connectivity index (χ0n) is 11.2. The summed E-state index contributed by atoms with van der Waals surface area (Å²) in [5, 5.41) is 0. The van der Waals surface area contributed by atoms with E-state index in [-0.39, 0.29) is 5.78 Å². The zero-order chi connectivity index (χ0) is 13.7. The third kappa shape index (κ3) is 3.51. The van der Waals surface area contributed by atoms with Crippen molar-refractivity contribution in [1.82, 2.24) is 9.55 Å². The van der Waals surface area contributed by atoms with Gasteiger partial charge in [0.15, 0.2) is 5.78 Å². The number of carbonyl (C=O) groups excluding carboxylic acids is 1. The number of Topliss-reactive ketones (excluding diaryl/α,β-unsaturated/α-hetero) is 1. The summed E-state index contributed by atoms with van der Waals surface area (Å²) in [5.74, 6) is 0.0417. The molecule has 2 rings (SSSR count). The van der Waals surface area contributed by atoms with Gasteiger partial charge in [-0.3, -0.25) is 4.79 Å². The first-order valence-corrected chi connectivity index (χ1v) is 6.55. The van der Waals surface area contributed by atoms with E-state index in [1.807, 2.05) is 16.7 Å². The highest BCUT2D eigenvalue weighted by atomic mass is 16.1. The fraction of sp³-hybridized carbons (Fsp3) is 0.333. The van der Waals surface area contributed by atoms with Crippen molar-refractivity contribution in [3.05, 3.63) is 53.6 Å². The van der Waals surface area contributed by atoms with Crippen LogP contribution < -0.4 is 5.73 Å². The lowest BCUT2D eigenvalue weighted by atomic mass is 10.0. The van der Waals surface area contributed by atoms with E-state index in [9.17, 15) is 4.79 Å². The molecule has 19 heavy (non-hydrogen) atoms. The first kappa shape index (κ1) is 13.5. The molecule has 0 amide bonds. The van der Waals surface area contributed by atoms with Crippen molar-refractivity contribution in [1.29, 1.82) is 0 Å². The van der Waals surface area contributed by atoms with Gasteiger partial charge in [0.05, 0.1) is 6.33 Å². The lowest BCUT2D eigenvalue weighted by Gasteiger charge is -2.01. The molecule has 2 N–H and O–H groups in total. The van der Waals surface area contributed by atoms with E-state index in [2.05, 4.69) is 24.0 Å². The Morgan fingerprint density at radius 2 is 1.95 bits per heavy atom. The lowest BCUT2D eigenvalue weighted by Crippen LogP contribution is -2.08. The molecule has 0 aliphatic heterocycles. The van der Waals surface area contributed by atoms with E-state index in [4.69, 9.17) is 5.73 Å². The second-order valence-electron chi connectivity index (χ2n) is 4.56. The quantitative estimate of drug-likeness (QED) is 0.803. The Kier molecular flexibility index (Phi) is 4.47. The number of rotatable bonds is 6. The van der Waals surface area contributed by atoms with Crippen LogP contribution in [0.4, 0.5) is 0 Å². The second-order valence-corrected chi connectivity index (χ2v) is 4.56. The molecule has 0 radical (unpaired) electrons. The minimum Gasteiger partial charge on any atom is -0.335 e. The Morgan fingerprint density at radius 3 is 2.58 bits per heavy atom. The molecule has 0 fully saturated rings. The standard InChI is InChI=1S/C15H19N3O/c1-2-12-3-5-13(6-4-12)9-15(19)14-10-18(8-7-16)11-17-14/h3-6,10-11H,2,7-9,16H2,1H3. The van der Waals surface area contributed by atoms with Crippen molar-refractivity contribution in [3.8, 4) is 0 Å². The molecular formula is C15H19N3O. The Bertz CT molecular complexity index is 543. The van der Waals surface area contributed by atoms with E-state index in [1.54, 1.807) is 12.5 Å². The number of nitrogens with two attached hydrogens (primary N) is 1. The number of hydrogen-bond acceptors (Lipinski definition) is 3. The predicted molar refractivity (Wildman–Crippen MR) is 75.1 cm³/mol. The number of hydrogen-bond donors (Lipinski definition) is 1. The highest BCUT2D eigenvalue weighted by Gasteiger charge is 2.10. The van der Waals surface area contributed by atoms with Crippen LogP contribution in [0, 0.1) is 0 Å². The van der Waals surface area contributed by atoms with Gasteiger partial charge in [0, 0.05) is 25.7 Å². The van der Waals surface area contributed by atoms with E-state index < -0.39 is 0 Å². The summed E-state index contributed by atoms with van der Waals surface area (Å²) in [4.78, 5) is 16.2. The number of nitrogens with zero attached hydrogens (tertiary/aromatic N) is 2. The normalized spacial score (nSPS) is 10.6. The summed E-state index contributed by atoms with van der Waals surface area (Å²) < 4.78 is 1.84. The highest BCUT2D eigenvalue weighted by Crippen LogP contribution is 2.09. The average Bonchev–Trinajstić information content (AvgIpc) is 2.89. The summed E-state index contributed by atoms with van der Waals surface area (Å²) in [6.45, 7) is 3.35. The molecule has 0 aliphatic rings. The van der Waals surface area contributed by atoms with E-state index in [0.717, 1.165) is 12.0 Å². The van der Waals surface area contributed by atoms with Crippen molar-refractivity contribution in [2.24, 2.45) is 5.73 Å². The van der Waals surface area contributed by atoms with Gasteiger partial charge in [-0.05, 0) is 17.5 Å². The maximum absolute atomic E-state index is 12.1. The summed E-state index contributed by atoms with van der Waals surface area (Å²) in [5.41, 5.74) is 8.28. The largest absolute Gasteiger partial charge is 0.335 e. The van der Waals surface area contributed by atoms with Gasteiger partial charge < -0.3 is 10.3 Å². The molecule has 100 valence electrons. The Balaban J connectivity index is 2.02. The number of imidazole rings is 1. The molecule has 0 spiro atoms. The second kappa shape index (κ2) is 6.29. The first-order valence-electron chi connectivity index (χ1n) is 6.55. The molecule has 2 aromatic rings. The van der Waals surface area contributed by atoms with Crippen molar-refractivity contribution < 1.29 is 4.79 Å². The van der Waals surface area contributed by atoms with Crippen LogP contribution in [0.5, 0.6) is 0 Å². The molecule has 4 nitrogen and oxygen atoms in total. The number of benzene rings is 1. The summed E-state index contributed by atoms with van der Waals surface area (Å²) in [7, 11) is 0. The van der Waals surface area contributed by atoms with Crippen LogP contribution in [0.3, 0.4) is 0 Å². The Hall–Kier alpha value is -1.94. The van der Waals surface area contributed by atoms with Crippen LogP contribution in [0.1, 0.15) is 28.5 Å². The molecule has 1 heterocycles. The third-order valence-electron chi connectivity index (χ3n) is 3.10. The summed E-state index contributed by atoms with van der Waals surface area (Å²) >= 11 is 0. The van der Waals surface area contributed by atoms with Gasteiger partial charge in [0.25, 0.3) is 0 Å². The predicted octanol–water partition coefficient (Wildman–Crippen LogP) is 1.83. The number of aryl methyl sites for hydroxylation is 1. The summed E-state index contributed by atoms with van der Waals surface area (Å²) in [6.07, 6.45) is 4.82. The van der Waals surface area contributed by atoms with Crippen molar-refractivity contribution in [3.63, 3.8) is 0 Å². The topological polar surface area (TPSA) is 60.9 Å². The minimum absolute atomic E-state index is 0.0417. The highest BCUT2D eigenvalue weighted by molar-refractivity contribution is 5.95. The first-order chi connectivity index (χ1) is 9.22. The third-order valence-corrected chi connectivity index (χ3v) is 3.10. The lowest BCUT2D eigenvalue weighted by molar-refractivity contribution is 0.0988. The van der Waals surface area contributed by atoms with Crippen LogP contribution in [0.2, 0.25) is 0 Å². The van der Waals surface area contributed by atoms with Crippen LogP contribution in [0.15, 0.2) is 36.8 Å². The van der Waals surface area contributed by atoms with E-state index >= 15 is 0 Å². The van der Waals surface area contributed by atoms with Gasteiger partial charge in [-0.25, -0.2) is 4.98 Å². The van der Waals surface area contributed by atoms with Gasteiger partial charge in [0.1, 0.15) is 5.69 Å². The number of aromatic nitrogens is 2. The maximum atomic E-state index is 12.1. The van der Waals surface area contributed by atoms with Gasteiger partial charge in [0.2, 0.25) is 0 Å². The van der Waals surface area contributed by atoms with Gasteiger partial charge >= 0.3 is 0 Å². The average molecular weight is 257 g/mol. The molecular weight excluding hydrogens is 238 g/mol. The van der Waals surface area contributed by atoms with Crippen LogP contribution in [-0.4, -0.2) is 21.9 Å². The Labute approximate surface area is 113 Å². The van der Waals surface area contributed by atoms with Crippen molar-refractivity contribution >= 4 is 5.78 Å². The monoisotopic (exact) mass is 257 g/mol.